The van der Waals surface area contributed by atoms with Crippen LogP contribution in [-0.4, -0.2) is 45.6 Å². The first-order chi connectivity index (χ1) is 15.3. The summed E-state index contributed by atoms with van der Waals surface area (Å²) in [7, 11) is 3.39. The zero-order chi connectivity index (χ0) is 22.8. The number of hydrogen-bond donors (Lipinski definition) is 0. The van der Waals surface area contributed by atoms with Crippen molar-refractivity contribution in [3.8, 4) is 0 Å². The third-order valence-electron chi connectivity index (χ3n) is 5.48. The van der Waals surface area contributed by atoms with E-state index in [1.54, 1.807) is 18.2 Å². The molecular formula is C24H22ClFN4O2. The highest BCUT2D eigenvalue weighted by Crippen LogP contribution is 2.33. The van der Waals surface area contributed by atoms with Gasteiger partial charge in [0.15, 0.2) is 0 Å². The molecule has 6 nitrogen and oxygen atoms in total. The quantitative estimate of drug-likeness (QED) is 0.580. The van der Waals surface area contributed by atoms with Crippen molar-refractivity contribution in [3.63, 3.8) is 0 Å². The minimum absolute atomic E-state index is 0.0773. The Kier molecular flexibility index (Phi) is 6.10. The number of halogens is 2. The molecule has 0 spiro atoms. The third kappa shape index (κ3) is 4.29. The molecule has 0 unspecified atom stereocenters. The molecule has 1 aromatic heterocycles. The first-order valence-corrected chi connectivity index (χ1v) is 10.5. The van der Waals surface area contributed by atoms with Gasteiger partial charge in [-0.3, -0.25) is 9.59 Å². The SMILES string of the molecule is CN(CC(=O)N1N=C(c2cccn2C)C[C@@H]1c1ccc(Cl)cc1)C(=O)c1ccccc1F. The Morgan fingerprint density at radius 3 is 2.50 bits per heavy atom. The standard InChI is InChI=1S/C24H22ClFN4O2/c1-28-13-5-8-21(28)20-14-22(16-9-11-17(25)12-10-16)30(27-20)23(31)15-29(2)24(32)18-6-3-4-7-19(18)26/h3-13,22H,14-15H2,1-2H3/t22-/m1/s1. The molecule has 2 heterocycles. The van der Waals surface area contributed by atoms with Crippen molar-refractivity contribution < 1.29 is 14.0 Å². The van der Waals surface area contributed by atoms with Crippen LogP contribution in [0.3, 0.4) is 0 Å². The van der Waals surface area contributed by atoms with E-state index in [-0.39, 0.29) is 24.1 Å². The predicted octanol–water partition coefficient (Wildman–Crippen LogP) is 4.27. The van der Waals surface area contributed by atoms with Crippen LogP contribution < -0.4 is 0 Å². The number of benzene rings is 2. The van der Waals surface area contributed by atoms with Crippen LogP contribution in [-0.2, 0) is 11.8 Å². The molecule has 0 bridgehead atoms. The van der Waals surface area contributed by atoms with Crippen LogP contribution in [0.1, 0.15) is 34.1 Å². The summed E-state index contributed by atoms with van der Waals surface area (Å²) in [6.45, 7) is -0.235. The smallest absolute Gasteiger partial charge is 0.262 e. The van der Waals surface area contributed by atoms with Gasteiger partial charge in [0.25, 0.3) is 11.8 Å². The van der Waals surface area contributed by atoms with Crippen LogP contribution in [0, 0.1) is 5.82 Å². The van der Waals surface area contributed by atoms with E-state index in [4.69, 9.17) is 11.6 Å². The van der Waals surface area contributed by atoms with E-state index >= 15 is 0 Å². The lowest BCUT2D eigenvalue weighted by molar-refractivity contribution is -0.133. The number of rotatable bonds is 5. The van der Waals surface area contributed by atoms with Gasteiger partial charge >= 0.3 is 0 Å². The largest absolute Gasteiger partial charge is 0.350 e. The Hall–Kier alpha value is -3.45. The highest BCUT2D eigenvalue weighted by Gasteiger charge is 2.34. The van der Waals surface area contributed by atoms with Crippen LogP contribution in [0.25, 0.3) is 0 Å². The molecule has 1 aliphatic rings. The Bertz CT molecular complexity index is 1190. The van der Waals surface area contributed by atoms with Crippen LogP contribution in [0.15, 0.2) is 72.0 Å². The molecular weight excluding hydrogens is 431 g/mol. The number of amides is 2. The molecule has 32 heavy (non-hydrogen) atoms. The van der Waals surface area contributed by atoms with Crippen LogP contribution in [0.2, 0.25) is 5.02 Å². The summed E-state index contributed by atoms with van der Waals surface area (Å²) in [4.78, 5) is 27.1. The van der Waals surface area contributed by atoms with Gasteiger partial charge in [-0.1, -0.05) is 35.9 Å². The number of likely N-dealkylation sites (N-methyl/N-ethyl adjacent to an activating group) is 1. The fourth-order valence-electron chi connectivity index (χ4n) is 3.79. The topological polar surface area (TPSA) is 57.9 Å². The van der Waals surface area contributed by atoms with E-state index < -0.39 is 11.7 Å². The van der Waals surface area contributed by atoms with E-state index in [2.05, 4.69) is 5.10 Å². The van der Waals surface area contributed by atoms with E-state index in [0.29, 0.717) is 11.4 Å². The maximum atomic E-state index is 14.0. The van der Waals surface area contributed by atoms with E-state index in [0.717, 1.165) is 17.0 Å². The van der Waals surface area contributed by atoms with Gasteiger partial charge in [-0.15, -0.1) is 0 Å². The second-order valence-electron chi connectivity index (χ2n) is 7.70. The molecule has 1 atom stereocenters. The second kappa shape index (κ2) is 8.96. The highest BCUT2D eigenvalue weighted by molar-refractivity contribution is 6.30. The monoisotopic (exact) mass is 452 g/mol. The average Bonchev–Trinajstić information content (AvgIpc) is 3.40. The van der Waals surface area contributed by atoms with Gasteiger partial charge in [-0.2, -0.15) is 5.10 Å². The van der Waals surface area contributed by atoms with Gasteiger partial charge in [-0.05, 0) is 42.0 Å². The summed E-state index contributed by atoms with van der Waals surface area (Å²) < 4.78 is 16.0. The molecule has 0 radical (unpaired) electrons. The number of carbonyl (C=O) groups excluding carboxylic acids is 2. The first-order valence-electron chi connectivity index (χ1n) is 10.1. The molecule has 2 aromatic carbocycles. The van der Waals surface area contributed by atoms with Crippen molar-refractivity contribution in [2.75, 3.05) is 13.6 Å². The lowest BCUT2D eigenvalue weighted by Gasteiger charge is -2.25. The minimum Gasteiger partial charge on any atom is -0.350 e. The average molecular weight is 453 g/mol. The van der Waals surface area contributed by atoms with Gasteiger partial charge in [0.05, 0.1) is 23.0 Å². The number of hydrazone groups is 1. The Labute approximate surface area is 190 Å². The summed E-state index contributed by atoms with van der Waals surface area (Å²) in [5.41, 5.74) is 2.49. The predicted molar refractivity (Wildman–Crippen MR) is 121 cm³/mol. The lowest BCUT2D eigenvalue weighted by Crippen LogP contribution is -2.39. The Morgan fingerprint density at radius 1 is 1.12 bits per heavy atom. The zero-order valence-electron chi connectivity index (χ0n) is 17.7. The molecule has 0 saturated carbocycles. The number of nitrogens with zero attached hydrogens (tertiary/aromatic N) is 4. The summed E-state index contributed by atoms with van der Waals surface area (Å²) in [6, 6.07) is 16.5. The molecule has 0 N–H and O–H groups in total. The van der Waals surface area contributed by atoms with Gasteiger partial charge in [0.1, 0.15) is 12.4 Å². The molecule has 1 aliphatic heterocycles. The molecule has 3 aromatic rings. The van der Waals surface area contributed by atoms with Crippen LogP contribution in [0.4, 0.5) is 4.39 Å². The molecule has 2 amide bonds. The van der Waals surface area contributed by atoms with Crippen molar-refractivity contribution >= 4 is 29.1 Å². The molecule has 164 valence electrons. The van der Waals surface area contributed by atoms with Gasteiger partial charge in [-0.25, -0.2) is 9.40 Å². The van der Waals surface area contributed by atoms with Crippen LogP contribution >= 0.6 is 11.6 Å². The molecule has 0 fully saturated rings. The zero-order valence-corrected chi connectivity index (χ0v) is 18.5. The van der Waals surface area contributed by atoms with Gasteiger partial charge < -0.3 is 9.47 Å². The number of hydrogen-bond acceptors (Lipinski definition) is 3. The molecule has 0 aliphatic carbocycles. The van der Waals surface area contributed by atoms with Crippen molar-refractivity contribution in [2.24, 2.45) is 12.1 Å². The third-order valence-corrected chi connectivity index (χ3v) is 5.74. The number of carbonyl (C=O) groups is 2. The fourth-order valence-corrected chi connectivity index (χ4v) is 3.91. The first kappa shape index (κ1) is 21.8. The maximum Gasteiger partial charge on any atom is 0.262 e. The highest BCUT2D eigenvalue weighted by atomic mass is 35.5. The van der Waals surface area contributed by atoms with Crippen molar-refractivity contribution in [2.45, 2.75) is 12.5 Å². The van der Waals surface area contributed by atoms with E-state index in [1.807, 2.05) is 42.1 Å². The van der Waals surface area contributed by atoms with Crippen LogP contribution in [0.5, 0.6) is 0 Å². The normalized spacial score (nSPS) is 15.6. The summed E-state index contributed by atoms with van der Waals surface area (Å²) in [5, 5.41) is 6.62. The summed E-state index contributed by atoms with van der Waals surface area (Å²) in [6.07, 6.45) is 2.44. The van der Waals surface area contributed by atoms with Gasteiger partial charge in [0, 0.05) is 31.7 Å². The Balaban J connectivity index is 1.59. The van der Waals surface area contributed by atoms with E-state index in [1.165, 1.54) is 35.2 Å². The lowest BCUT2D eigenvalue weighted by atomic mass is 10.0. The van der Waals surface area contributed by atoms with Gasteiger partial charge in [0.2, 0.25) is 0 Å². The van der Waals surface area contributed by atoms with Crippen molar-refractivity contribution in [3.05, 3.63) is 94.5 Å². The molecule has 4 rings (SSSR count). The number of aromatic nitrogens is 1. The Morgan fingerprint density at radius 2 is 1.84 bits per heavy atom. The number of aryl methyl sites for hydroxylation is 1. The second-order valence-corrected chi connectivity index (χ2v) is 8.14. The molecule has 8 heteroatoms. The molecule has 0 saturated heterocycles. The minimum atomic E-state index is -0.624. The van der Waals surface area contributed by atoms with Crippen molar-refractivity contribution in [1.82, 2.24) is 14.5 Å². The maximum absolute atomic E-state index is 14.0. The van der Waals surface area contributed by atoms with Crippen molar-refractivity contribution in [1.29, 1.82) is 0 Å². The summed E-state index contributed by atoms with van der Waals surface area (Å²) in [5.74, 6) is -1.55. The fraction of sp³-hybridized carbons (Fsp3) is 0.208. The van der Waals surface area contributed by atoms with E-state index in [9.17, 15) is 14.0 Å². The summed E-state index contributed by atoms with van der Waals surface area (Å²) >= 11 is 6.04.